The SMILES string of the molecule is COc1cccc(NC(=O)C2CCCNC2)c1. The van der Waals surface area contributed by atoms with Gasteiger partial charge in [0, 0.05) is 18.3 Å². The van der Waals surface area contributed by atoms with Gasteiger partial charge in [0.1, 0.15) is 5.75 Å². The van der Waals surface area contributed by atoms with Crippen LogP contribution in [0.2, 0.25) is 0 Å². The van der Waals surface area contributed by atoms with E-state index in [4.69, 9.17) is 4.74 Å². The predicted octanol–water partition coefficient (Wildman–Crippen LogP) is 1.63. The molecule has 1 saturated heterocycles. The first kappa shape index (κ1) is 11.9. The Bertz CT molecular complexity index is 387. The van der Waals surface area contributed by atoms with Crippen molar-refractivity contribution < 1.29 is 9.53 Å². The summed E-state index contributed by atoms with van der Waals surface area (Å²) in [5.74, 6) is 0.921. The molecular formula is C13H18N2O2. The number of benzene rings is 1. The van der Waals surface area contributed by atoms with Gasteiger partial charge in [0.25, 0.3) is 0 Å². The summed E-state index contributed by atoms with van der Waals surface area (Å²) in [6.07, 6.45) is 2.03. The highest BCUT2D eigenvalue weighted by atomic mass is 16.5. The Hall–Kier alpha value is -1.55. The molecule has 4 nitrogen and oxygen atoms in total. The van der Waals surface area contributed by atoms with Crippen LogP contribution in [0.1, 0.15) is 12.8 Å². The van der Waals surface area contributed by atoms with E-state index < -0.39 is 0 Å². The van der Waals surface area contributed by atoms with Gasteiger partial charge in [-0.3, -0.25) is 4.79 Å². The molecule has 1 aliphatic heterocycles. The molecule has 0 saturated carbocycles. The van der Waals surface area contributed by atoms with Gasteiger partial charge in [-0.15, -0.1) is 0 Å². The Labute approximate surface area is 101 Å². The molecule has 2 N–H and O–H groups in total. The fourth-order valence-electron chi connectivity index (χ4n) is 2.02. The van der Waals surface area contributed by atoms with Crippen molar-refractivity contribution in [2.45, 2.75) is 12.8 Å². The lowest BCUT2D eigenvalue weighted by molar-refractivity contribution is -0.120. The van der Waals surface area contributed by atoms with Crippen LogP contribution < -0.4 is 15.4 Å². The first-order valence-corrected chi connectivity index (χ1v) is 5.95. The zero-order chi connectivity index (χ0) is 12.1. The zero-order valence-corrected chi connectivity index (χ0v) is 10.0. The van der Waals surface area contributed by atoms with Crippen molar-refractivity contribution in [1.82, 2.24) is 5.32 Å². The maximum absolute atomic E-state index is 12.0. The quantitative estimate of drug-likeness (QED) is 0.835. The van der Waals surface area contributed by atoms with Gasteiger partial charge in [0.15, 0.2) is 0 Å². The molecule has 1 atom stereocenters. The number of carbonyl (C=O) groups excluding carboxylic acids is 1. The summed E-state index contributed by atoms with van der Waals surface area (Å²) in [7, 11) is 1.62. The lowest BCUT2D eigenvalue weighted by Gasteiger charge is -2.21. The number of carbonyl (C=O) groups is 1. The van der Waals surface area contributed by atoms with Crippen molar-refractivity contribution in [3.05, 3.63) is 24.3 Å². The maximum Gasteiger partial charge on any atom is 0.228 e. The number of piperidine rings is 1. The second-order valence-electron chi connectivity index (χ2n) is 4.26. The third kappa shape index (κ3) is 3.20. The second kappa shape index (κ2) is 5.68. The van der Waals surface area contributed by atoms with E-state index in [0.717, 1.165) is 37.4 Å². The minimum atomic E-state index is 0.0787. The monoisotopic (exact) mass is 234 g/mol. The topological polar surface area (TPSA) is 50.4 Å². The number of hydrogen-bond donors (Lipinski definition) is 2. The van der Waals surface area contributed by atoms with Gasteiger partial charge in [0.05, 0.1) is 13.0 Å². The first-order chi connectivity index (χ1) is 8.29. The number of ether oxygens (including phenoxy) is 1. The third-order valence-electron chi connectivity index (χ3n) is 3.00. The molecule has 0 bridgehead atoms. The third-order valence-corrected chi connectivity index (χ3v) is 3.00. The van der Waals surface area contributed by atoms with Gasteiger partial charge in [-0.25, -0.2) is 0 Å². The van der Waals surface area contributed by atoms with E-state index in [0.29, 0.717) is 0 Å². The number of anilines is 1. The fraction of sp³-hybridized carbons (Fsp3) is 0.462. The summed E-state index contributed by atoms with van der Waals surface area (Å²) < 4.78 is 5.12. The van der Waals surface area contributed by atoms with E-state index in [-0.39, 0.29) is 11.8 Å². The summed E-state index contributed by atoms with van der Waals surface area (Å²) in [5, 5.41) is 6.17. The standard InChI is InChI=1S/C13H18N2O2/c1-17-12-6-2-5-11(8-12)15-13(16)10-4-3-7-14-9-10/h2,5-6,8,10,14H,3-4,7,9H2,1H3,(H,15,16). The molecule has 4 heteroatoms. The number of nitrogens with one attached hydrogen (secondary N) is 2. The lowest BCUT2D eigenvalue weighted by Crippen LogP contribution is -2.37. The minimum absolute atomic E-state index is 0.0787. The van der Waals surface area contributed by atoms with Gasteiger partial charge in [-0.1, -0.05) is 6.07 Å². The van der Waals surface area contributed by atoms with E-state index in [2.05, 4.69) is 10.6 Å². The average molecular weight is 234 g/mol. The first-order valence-electron chi connectivity index (χ1n) is 5.95. The van der Waals surface area contributed by atoms with Crippen LogP contribution in [-0.4, -0.2) is 26.1 Å². The molecule has 1 aromatic rings. The summed E-state index contributed by atoms with van der Waals surface area (Å²) >= 11 is 0. The van der Waals surface area contributed by atoms with Crippen molar-refractivity contribution in [3.8, 4) is 5.75 Å². The fourth-order valence-corrected chi connectivity index (χ4v) is 2.02. The Kier molecular flexibility index (Phi) is 3.98. The summed E-state index contributed by atoms with van der Waals surface area (Å²) in [5.41, 5.74) is 0.792. The number of hydrogen-bond acceptors (Lipinski definition) is 3. The van der Waals surface area contributed by atoms with Crippen LogP contribution in [-0.2, 0) is 4.79 Å². The van der Waals surface area contributed by atoms with Crippen LogP contribution in [0.15, 0.2) is 24.3 Å². The molecule has 92 valence electrons. The van der Waals surface area contributed by atoms with E-state index in [1.54, 1.807) is 7.11 Å². The molecule has 1 aromatic carbocycles. The molecule has 0 aromatic heterocycles. The molecule has 17 heavy (non-hydrogen) atoms. The largest absolute Gasteiger partial charge is 0.497 e. The molecule has 1 amide bonds. The van der Waals surface area contributed by atoms with Crippen molar-refractivity contribution in [1.29, 1.82) is 0 Å². The molecule has 0 spiro atoms. The zero-order valence-electron chi connectivity index (χ0n) is 10.0. The van der Waals surface area contributed by atoms with Crippen LogP contribution in [0.25, 0.3) is 0 Å². The van der Waals surface area contributed by atoms with Crippen LogP contribution in [0.4, 0.5) is 5.69 Å². The van der Waals surface area contributed by atoms with Gasteiger partial charge >= 0.3 is 0 Å². The molecule has 1 heterocycles. The number of methoxy groups -OCH3 is 1. The highest BCUT2D eigenvalue weighted by Gasteiger charge is 2.20. The average Bonchev–Trinajstić information content (AvgIpc) is 2.40. The van der Waals surface area contributed by atoms with Crippen LogP contribution in [0.3, 0.4) is 0 Å². The Morgan fingerprint density at radius 1 is 1.53 bits per heavy atom. The molecule has 1 unspecified atom stereocenters. The molecule has 1 fully saturated rings. The smallest absolute Gasteiger partial charge is 0.228 e. The molecule has 1 aliphatic rings. The predicted molar refractivity (Wildman–Crippen MR) is 67.2 cm³/mol. The normalized spacial score (nSPS) is 19.7. The van der Waals surface area contributed by atoms with Gasteiger partial charge in [-0.2, -0.15) is 0 Å². The highest BCUT2D eigenvalue weighted by Crippen LogP contribution is 2.18. The highest BCUT2D eigenvalue weighted by molar-refractivity contribution is 5.92. The van der Waals surface area contributed by atoms with E-state index in [1.807, 2.05) is 24.3 Å². The van der Waals surface area contributed by atoms with Crippen LogP contribution in [0, 0.1) is 5.92 Å². The molecule has 0 aliphatic carbocycles. The molecule has 2 rings (SSSR count). The van der Waals surface area contributed by atoms with E-state index >= 15 is 0 Å². The second-order valence-corrected chi connectivity index (χ2v) is 4.26. The summed E-state index contributed by atoms with van der Waals surface area (Å²) in [4.78, 5) is 12.0. The van der Waals surface area contributed by atoms with Gasteiger partial charge < -0.3 is 15.4 Å². The minimum Gasteiger partial charge on any atom is -0.497 e. The van der Waals surface area contributed by atoms with E-state index in [9.17, 15) is 4.79 Å². The van der Waals surface area contributed by atoms with Crippen LogP contribution in [0.5, 0.6) is 5.75 Å². The number of amides is 1. The Balaban J connectivity index is 1.96. The maximum atomic E-state index is 12.0. The lowest BCUT2D eigenvalue weighted by atomic mass is 9.99. The number of rotatable bonds is 3. The van der Waals surface area contributed by atoms with Crippen molar-refractivity contribution in [2.24, 2.45) is 5.92 Å². The van der Waals surface area contributed by atoms with Gasteiger partial charge in [-0.05, 0) is 31.5 Å². The van der Waals surface area contributed by atoms with Crippen LogP contribution >= 0.6 is 0 Å². The van der Waals surface area contributed by atoms with Crippen molar-refractivity contribution in [3.63, 3.8) is 0 Å². The molecular weight excluding hydrogens is 216 g/mol. The van der Waals surface area contributed by atoms with Gasteiger partial charge in [0.2, 0.25) is 5.91 Å². The van der Waals surface area contributed by atoms with E-state index in [1.165, 1.54) is 0 Å². The summed E-state index contributed by atoms with van der Waals surface area (Å²) in [6, 6.07) is 7.43. The van der Waals surface area contributed by atoms with Crippen molar-refractivity contribution >= 4 is 11.6 Å². The van der Waals surface area contributed by atoms with Crippen molar-refractivity contribution in [2.75, 3.05) is 25.5 Å². The summed E-state index contributed by atoms with van der Waals surface area (Å²) in [6.45, 7) is 1.79. The molecule has 0 radical (unpaired) electrons. The Morgan fingerprint density at radius 3 is 3.12 bits per heavy atom. The Morgan fingerprint density at radius 2 is 2.41 bits per heavy atom.